The van der Waals surface area contributed by atoms with Crippen LogP contribution in [0.3, 0.4) is 0 Å². The fraction of sp³-hybridized carbons (Fsp3) is 0.733. The molecule has 1 rings (SSSR count). The topological polar surface area (TPSA) is 117 Å². The lowest BCUT2D eigenvalue weighted by molar-refractivity contribution is -0.148. The van der Waals surface area contributed by atoms with Crippen LogP contribution in [0.4, 0.5) is 4.79 Å². The Hall–Kier alpha value is -2.32. The van der Waals surface area contributed by atoms with Crippen molar-refractivity contribution in [1.82, 2.24) is 5.32 Å². The predicted molar refractivity (Wildman–Crippen MR) is 79.7 cm³/mol. The number of hydrogen-bond acceptors (Lipinski definition) is 8. The normalized spacial score (nSPS) is 23.5. The van der Waals surface area contributed by atoms with E-state index in [9.17, 15) is 19.2 Å². The van der Waals surface area contributed by atoms with Crippen LogP contribution < -0.4 is 5.32 Å². The van der Waals surface area contributed by atoms with Crippen molar-refractivity contribution in [2.45, 2.75) is 32.4 Å². The van der Waals surface area contributed by atoms with Gasteiger partial charge in [0, 0.05) is 5.92 Å². The van der Waals surface area contributed by atoms with E-state index in [4.69, 9.17) is 4.74 Å². The van der Waals surface area contributed by atoms with Gasteiger partial charge in [-0.2, -0.15) is 0 Å². The van der Waals surface area contributed by atoms with Gasteiger partial charge in [-0.3, -0.25) is 9.59 Å². The number of hydrogen-bond donors (Lipinski definition) is 1. The summed E-state index contributed by atoms with van der Waals surface area (Å²) in [6, 6.07) is -1.24. The first kappa shape index (κ1) is 19.7. The molecule has 0 bridgehead atoms. The molecule has 3 atom stereocenters. The molecule has 9 nitrogen and oxygen atoms in total. The molecule has 0 aromatic rings. The van der Waals surface area contributed by atoms with E-state index in [1.54, 1.807) is 20.8 Å². The van der Waals surface area contributed by atoms with Gasteiger partial charge in [-0.25, -0.2) is 9.59 Å². The number of amides is 1. The van der Waals surface area contributed by atoms with Crippen LogP contribution in [0.15, 0.2) is 0 Å². The van der Waals surface area contributed by atoms with Crippen LogP contribution in [0, 0.1) is 17.8 Å². The second kappa shape index (κ2) is 7.50. The molecule has 1 aliphatic carbocycles. The molecule has 1 amide bonds. The number of methoxy groups -OCH3 is 3. The second-order valence-corrected chi connectivity index (χ2v) is 6.32. The Bertz CT molecular complexity index is 502. The van der Waals surface area contributed by atoms with Crippen molar-refractivity contribution in [3.8, 4) is 0 Å². The van der Waals surface area contributed by atoms with E-state index in [1.165, 1.54) is 14.2 Å². The van der Waals surface area contributed by atoms with Crippen molar-refractivity contribution >= 4 is 24.0 Å². The molecule has 0 spiro atoms. The molecule has 3 unspecified atom stereocenters. The summed E-state index contributed by atoms with van der Waals surface area (Å²) in [6.45, 7) is 4.97. The van der Waals surface area contributed by atoms with E-state index in [0.717, 1.165) is 7.11 Å². The van der Waals surface area contributed by atoms with Gasteiger partial charge in [-0.05, 0) is 20.8 Å². The summed E-state index contributed by atoms with van der Waals surface area (Å²) in [5, 5.41) is 2.35. The number of esters is 3. The maximum absolute atomic E-state index is 12.0. The van der Waals surface area contributed by atoms with E-state index in [1.807, 2.05) is 0 Å². The first-order valence-corrected chi connectivity index (χ1v) is 7.30. The highest BCUT2D eigenvalue weighted by Crippen LogP contribution is 2.50. The summed E-state index contributed by atoms with van der Waals surface area (Å²) in [7, 11) is 3.47. The van der Waals surface area contributed by atoms with E-state index in [-0.39, 0.29) is 0 Å². The smallest absolute Gasteiger partial charge is 0.408 e. The summed E-state index contributed by atoms with van der Waals surface area (Å²) >= 11 is 0. The first-order chi connectivity index (χ1) is 11.1. The molecular weight excluding hydrogens is 322 g/mol. The minimum absolute atomic E-state index is 0.671. The molecular formula is C15H23NO8. The summed E-state index contributed by atoms with van der Waals surface area (Å²) in [6.07, 6.45) is -0.864. The fourth-order valence-corrected chi connectivity index (χ4v) is 2.50. The van der Waals surface area contributed by atoms with Gasteiger partial charge in [0.05, 0.1) is 33.2 Å². The Kier molecular flexibility index (Phi) is 6.16. The summed E-state index contributed by atoms with van der Waals surface area (Å²) in [5.41, 5.74) is -0.780. The molecule has 24 heavy (non-hydrogen) atoms. The Morgan fingerprint density at radius 2 is 1.33 bits per heavy atom. The van der Waals surface area contributed by atoms with E-state index >= 15 is 0 Å². The molecule has 0 radical (unpaired) electrons. The standard InChI is InChI=1S/C15H23NO8/c1-15(2,3)24-14(20)16-10(13(19)23-6)7-8(11(17)21-4)9(7)12(18)22-5/h7-10H,1-6H3,(H,16,20). The average molecular weight is 345 g/mol. The molecule has 1 aliphatic rings. The van der Waals surface area contributed by atoms with Crippen LogP contribution in [0.1, 0.15) is 20.8 Å². The van der Waals surface area contributed by atoms with Crippen LogP contribution in [-0.2, 0) is 33.3 Å². The van der Waals surface area contributed by atoms with Crippen LogP contribution in [0.5, 0.6) is 0 Å². The highest BCUT2D eigenvalue weighted by molar-refractivity contribution is 5.92. The molecule has 0 heterocycles. The number of ether oxygens (including phenoxy) is 4. The third kappa shape index (κ3) is 4.59. The predicted octanol–water partition coefficient (Wildman–Crippen LogP) is 0.261. The maximum atomic E-state index is 12.0. The van der Waals surface area contributed by atoms with Crippen molar-refractivity contribution < 1.29 is 38.1 Å². The van der Waals surface area contributed by atoms with Crippen molar-refractivity contribution in [2.24, 2.45) is 17.8 Å². The monoisotopic (exact) mass is 345 g/mol. The van der Waals surface area contributed by atoms with Crippen molar-refractivity contribution in [1.29, 1.82) is 0 Å². The van der Waals surface area contributed by atoms with Gasteiger partial charge < -0.3 is 24.3 Å². The number of carbonyl (C=O) groups is 4. The lowest BCUT2D eigenvalue weighted by Crippen LogP contribution is -2.46. The van der Waals surface area contributed by atoms with E-state index < -0.39 is 53.4 Å². The number of rotatable bonds is 5. The minimum atomic E-state index is -1.24. The van der Waals surface area contributed by atoms with Crippen molar-refractivity contribution in [3.63, 3.8) is 0 Å². The van der Waals surface area contributed by atoms with E-state index in [0.29, 0.717) is 0 Å². The van der Waals surface area contributed by atoms with Gasteiger partial charge in [0.1, 0.15) is 11.6 Å². The quantitative estimate of drug-likeness (QED) is 0.557. The lowest BCUT2D eigenvalue weighted by Gasteiger charge is -2.22. The highest BCUT2D eigenvalue weighted by Gasteiger charge is 2.65. The minimum Gasteiger partial charge on any atom is -0.469 e. The third-order valence-corrected chi connectivity index (χ3v) is 3.53. The van der Waals surface area contributed by atoms with Crippen LogP contribution >= 0.6 is 0 Å². The Balaban J connectivity index is 2.98. The maximum Gasteiger partial charge on any atom is 0.408 e. The van der Waals surface area contributed by atoms with Gasteiger partial charge in [-0.1, -0.05) is 0 Å². The average Bonchev–Trinajstić information content (AvgIpc) is 3.23. The number of alkyl carbamates (subject to hydrolysis) is 1. The molecule has 0 aliphatic heterocycles. The number of carbonyl (C=O) groups excluding carboxylic acids is 4. The molecule has 1 N–H and O–H groups in total. The molecule has 0 aromatic heterocycles. The summed E-state index contributed by atoms with van der Waals surface area (Å²) < 4.78 is 19.0. The Morgan fingerprint density at radius 3 is 1.67 bits per heavy atom. The zero-order valence-corrected chi connectivity index (χ0v) is 14.6. The highest BCUT2D eigenvalue weighted by atomic mass is 16.6. The fourth-order valence-electron chi connectivity index (χ4n) is 2.50. The largest absolute Gasteiger partial charge is 0.469 e. The number of nitrogens with one attached hydrogen (secondary N) is 1. The molecule has 136 valence electrons. The van der Waals surface area contributed by atoms with Gasteiger partial charge in [-0.15, -0.1) is 0 Å². The lowest BCUT2D eigenvalue weighted by atomic mass is 10.1. The summed E-state index contributed by atoms with van der Waals surface area (Å²) in [5.74, 6) is -4.77. The molecule has 9 heteroatoms. The zero-order valence-electron chi connectivity index (χ0n) is 14.6. The van der Waals surface area contributed by atoms with Crippen LogP contribution in [0.2, 0.25) is 0 Å². The Labute approximate surface area is 139 Å². The molecule has 1 fully saturated rings. The summed E-state index contributed by atoms with van der Waals surface area (Å²) in [4.78, 5) is 47.6. The molecule has 0 aromatic carbocycles. The van der Waals surface area contributed by atoms with Crippen molar-refractivity contribution in [2.75, 3.05) is 21.3 Å². The first-order valence-electron chi connectivity index (χ1n) is 7.30. The Morgan fingerprint density at radius 1 is 0.875 bits per heavy atom. The van der Waals surface area contributed by atoms with Crippen LogP contribution in [-0.4, -0.2) is 57.0 Å². The third-order valence-electron chi connectivity index (χ3n) is 3.53. The van der Waals surface area contributed by atoms with Gasteiger partial charge in [0.2, 0.25) is 0 Å². The zero-order chi connectivity index (χ0) is 18.7. The van der Waals surface area contributed by atoms with Gasteiger partial charge in [0.15, 0.2) is 0 Å². The second-order valence-electron chi connectivity index (χ2n) is 6.32. The van der Waals surface area contributed by atoms with Crippen molar-refractivity contribution in [3.05, 3.63) is 0 Å². The van der Waals surface area contributed by atoms with Crippen LogP contribution in [0.25, 0.3) is 0 Å². The van der Waals surface area contributed by atoms with Gasteiger partial charge in [0.25, 0.3) is 0 Å². The van der Waals surface area contributed by atoms with Gasteiger partial charge >= 0.3 is 24.0 Å². The van der Waals surface area contributed by atoms with E-state index in [2.05, 4.69) is 19.5 Å². The molecule has 1 saturated carbocycles. The molecule has 0 saturated heterocycles. The SMILES string of the molecule is COC(=O)C(NC(=O)OC(C)(C)C)C1C(C(=O)OC)C1C(=O)OC.